The summed E-state index contributed by atoms with van der Waals surface area (Å²) >= 11 is 0. The summed E-state index contributed by atoms with van der Waals surface area (Å²) in [5.74, 6) is 5.90. The second-order valence-electron chi connectivity index (χ2n) is 17.9. The molecule has 0 aliphatic heterocycles. The zero-order chi connectivity index (χ0) is 26.4. The van der Waals surface area contributed by atoms with E-state index >= 15 is 0 Å². The summed E-state index contributed by atoms with van der Waals surface area (Å²) in [6, 6.07) is 0. The lowest BCUT2D eigenvalue weighted by Crippen LogP contribution is -2.62. The van der Waals surface area contributed by atoms with Crippen LogP contribution in [-0.4, -0.2) is 0 Å². The monoisotopic (exact) mass is 487 g/mol. The van der Waals surface area contributed by atoms with Crippen LogP contribution in [0.25, 0.3) is 0 Å². The van der Waals surface area contributed by atoms with Crippen molar-refractivity contribution in [1.82, 2.24) is 0 Å². The smallest absolute Gasteiger partial charge is 0.0259 e. The van der Waals surface area contributed by atoms with E-state index in [0.29, 0.717) is 5.41 Å². The molecule has 0 aromatic rings. The third kappa shape index (κ3) is 7.53. The average molecular weight is 487 g/mol. The Balaban J connectivity index is 0.000000131. The van der Waals surface area contributed by atoms with Gasteiger partial charge in [0.1, 0.15) is 0 Å². The minimum absolute atomic E-state index is 0.676. The molecular formula is C35H66. The van der Waals surface area contributed by atoms with Crippen LogP contribution in [0.3, 0.4) is 0 Å². The van der Waals surface area contributed by atoms with E-state index in [4.69, 9.17) is 0 Å². The van der Waals surface area contributed by atoms with Crippen LogP contribution in [0.15, 0.2) is 0 Å². The highest BCUT2D eigenvalue weighted by Crippen LogP contribution is 2.75. The van der Waals surface area contributed by atoms with Gasteiger partial charge >= 0.3 is 0 Å². The van der Waals surface area contributed by atoms with Gasteiger partial charge in [0.25, 0.3) is 0 Å². The first-order chi connectivity index (χ1) is 15.9. The van der Waals surface area contributed by atoms with Gasteiger partial charge in [-0.15, -0.1) is 0 Å². The molecule has 0 saturated heterocycles. The number of hydrogen-bond acceptors (Lipinski definition) is 0. The third-order valence-electron chi connectivity index (χ3n) is 11.1. The summed E-state index contributed by atoms with van der Waals surface area (Å²) in [4.78, 5) is 0. The lowest BCUT2D eigenvalue weighted by molar-refractivity contribution is -0.217. The van der Waals surface area contributed by atoms with E-state index in [1.165, 1.54) is 63.7 Å². The van der Waals surface area contributed by atoms with Crippen LogP contribution in [0.4, 0.5) is 0 Å². The molecule has 0 amide bonds. The fraction of sp³-hybridized carbons (Fsp3) is 1.00. The Kier molecular flexibility index (Phi) is 8.68. The molecule has 35 heavy (non-hydrogen) atoms. The maximum Gasteiger partial charge on any atom is -0.0259 e. The van der Waals surface area contributed by atoms with Crippen molar-refractivity contribution in [2.45, 2.75) is 160 Å². The molecule has 8 saturated carbocycles. The molecule has 0 atom stereocenters. The first kappa shape index (κ1) is 29.6. The summed E-state index contributed by atoms with van der Waals surface area (Å²) < 4.78 is 0. The summed E-state index contributed by atoms with van der Waals surface area (Å²) in [7, 11) is 0. The van der Waals surface area contributed by atoms with Crippen molar-refractivity contribution in [2.75, 3.05) is 0 Å². The Labute approximate surface area is 222 Å². The molecule has 0 N–H and O–H groups in total. The highest BCUT2D eigenvalue weighted by Gasteiger charge is 2.65. The van der Waals surface area contributed by atoms with Crippen LogP contribution in [0.5, 0.6) is 0 Å². The lowest BCUT2D eigenvalue weighted by Gasteiger charge is -2.72. The van der Waals surface area contributed by atoms with E-state index in [9.17, 15) is 0 Å². The van der Waals surface area contributed by atoms with E-state index < -0.39 is 0 Å². The predicted octanol–water partition coefficient (Wildman–Crippen LogP) is 11.6. The molecule has 0 unspecified atom stereocenters. The first-order valence-electron chi connectivity index (χ1n) is 15.9. The second-order valence-corrected chi connectivity index (χ2v) is 17.9. The Bertz CT molecular complexity index is 630. The summed E-state index contributed by atoms with van der Waals surface area (Å²) in [5, 5.41) is 0. The van der Waals surface area contributed by atoms with Gasteiger partial charge in [-0.3, -0.25) is 0 Å². The van der Waals surface area contributed by atoms with Gasteiger partial charge < -0.3 is 0 Å². The third-order valence-corrected chi connectivity index (χ3v) is 11.1. The van der Waals surface area contributed by atoms with E-state index in [0.717, 1.165) is 51.2 Å². The average Bonchev–Trinajstić information content (AvgIpc) is 3.28. The lowest BCUT2D eigenvalue weighted by atomic mass is 9.33. The predicted molar refractivity (Wildman–Crippen MR) is 157 cm³/mol. The quantitative estimate of drug-likeness (QED) is 0.350. The maximum atomic E-state index is 2.43. The molecule has 0 radical (unpaired) electrons. The number of hydrogen-bond donors (Lipinski definition) is 0. The second kappa shape index (κ2) is 10.3. The highest BCUT2D eigenvalue weighted by atomic mass is 14.7. The van der Waals surface area contributed by atoms with Gasteiger partial charge in [0.05, 0.1) is 0 Å². The van der Waals surface area contributed by atoms with Crippen molar-refractivity contribution in [3.8, 4) is 0 Å². The van der Waals surface area contributed by atoms with Crippen molar-refractivity contribution in [3.63, 3.8) is 0 Å². The summed E-state index contributed by atoms with van der Waals surface area (Å²) in [6.07, 6.45) is 18.1. The van der Waals surface area contributed by atoms with E-state index in [1.807, 2.05) is 0 Å². The van der Waals surface area contributed by atoms with Crippen LogP contribution in [-0.2, 0) is 0 Å². The van der Waals surface area contributed by atoms with Crippen LogP contribution in [0.2, 0.25) is 0 Å². The molecular weight excluding hydrogens is 420 g/mol. The van der Waals surface area contributed by atoms with E-state index in [1.54, 1.807) is 19.3 Å². The van der Waals surface area contributed by atoms with Gasteiger partial charge in [0, 0.05) is 0 Å². The van der Waals surface area contributed by atoms with Crippen LogP contribution in [0, 0.1) is 62.6 Å². The van der Waals surface area contributed by atoms with Gasteiger partial charge in [-0.05, 0) is 140 Å². The van der Waals surface area contributed by atoms with Crippen molar-refractivity contribution in [1.29, 1.82) is 0 Å². The Morgan fingerprint density at radius 2 is 1.09 bits per heavy atom. The van der Waals surface area contributed by atoms with Crippen molar-refractivity contribution >= 4 is 0 Å². The fourth-order valence-electron chi connectivity index (χ4n) is 9.01. The van der Waals surface area contributed by atoms with E-state index in [2.05, 4.69) is 83.1 Å². The van der Waals surface area contributed by atoms with Gasteiger partial charge in [-0.25, -0.2) is 0 Å². The maximum absolute atomic E-state index is 2.43. The zero-order valence-corrected chi connectivity index (χ0v) is 26.4. The van der Waals surface area contributed by atoms with Crippen molar-refractivity contribution in [2.24, 2.45) is 62.6 Å². The Morgan fingerprint density at radius 3 is 1.20 bits per heavy atom. The molecule has 0 aromatic carbocycles. The molecule has 0 nitrogen and oxygen atoms in total. The zero-order valence-electron chi connectivity index (χ0n) is 26.4. The topological polar surface area (TPSA) is 0 Å². The minimum Gasteiger partial charge on any atom is -0.0628 e. The van der Waals surface area contributed by atoms with Crippen molar-refractivity contribution in [3.05, 3.63) is 0 Å². The van der Waals surface area contributed by atoms with Gasteiger partial charge in [-0.2, -0.15) is 0 Å². The molecule has 8 aliphatic carbocycles. The Morgan fingerprint density at radius 1 is 0.629 bits per heavy atom. The summed E-state index contributed by atoms with van der Waals surface area (Å²) in [6.45, 7) is 28.3. The molecule has 8 fully saturated rings. The van der Waals surface area contributed by atoms with Gasteiger partial charge in [-0.1, -0.05) is 83.1 Å². The number of rotatable bonds is 6. The largest absolute Gasteiger partial charge is 0.0628 e. The standard InChI is InChI=1S/2C9H16.C9H18.C8H16/c1-7(2)9-4-8(3,5-9)6-9;1-7(2)3-9-4-8(5-9)6-9;1-7(2)8-5-9(3,4)6-8;1-7(2)6-8(3)4-5-8/h7H,4-6H2,1-3H3;7-8H,3-6H2,1-2H3;7-8H,5-6H2,1-4H3;7H,4-6H2,1-3H3. The first-order valence-corrected chi connectivity index (χ1v) is 15.9. The minimum atomic E-state index is 0.676. The Hall–Kier alpha value is 0. The van der Waals surface area contributed by atoms with Crippen LogP contribution < -0.4 is 0 Å². The normalized spacial score (nSPS) is 38.2. The SMILES string of the molecule is CC(C)C12CC(C)(C1)C2.CC(C)C1CC(C)(C)C1.CC(C)CC1(C)CC1.CC(C)CC12CC(C1)C2. The van der Waals surface area contributed by atoms with Crippen LogP contribution in [0.1, 0.15) is 160 Å². The van der Waals surface area contributed by atoms with Crippen LogP contribution >= 0.6 is 0 Å². The van der Waals surface area contributed by atoms with Crippen molar-refractivity contribution < 1.29 is 0 Å². The molecule has 0 heterocycles. The van der Waals surface area contributed by atoms with Gasteiger partial charge in [0.15, 0.2) is 0 Å². The molecule has 8 rings (SSSR count). The molecule has 0 aromatic heterocycles. The molecule has 8 aliphatic rings. The fourth-order valence-corrected chi connectivity index (χ4v) is 9.01. The highest BCUT2D eigenvalue weighted by molar-refractivity contribution is 5.15. The summed E-state index contributed by atoms with van der Waals surface area (Å²) in [5.41, 5.74) is 3.97. The molecule has 0 spiro atoms. The molecule has 206 valence electrons. The van der Waals surface area contributed by atoms with E-state index in [-0.39, 0.29) is 0 Å². The van der Waals surface area contributed by atoms with Gasteiger partial charge in [0.2, 0.25) is 0 Å². The molecule has 4 bridgehead atoms. The molecule has 0 heteroatoms.